The van der Waals surface area contributed by atoms with Crippen LogP contribution in [0.15, 0.2) is 23.3 Å². The lowest BCUT2D eigenvalue weighted by molar-refractivity contribution is 0.0964. The predicted octanol–water partition coefficient (Wildman–Crippen LogP) is 1.90. The van der Waals surface area contributed by atoms with Gasteiger partial charge in [-0.1, -0.05) is 0 Å². The van der Waals surface area contributed by atoms with Crippen LogP contribution >= 0.6 is 11.8 Å². The highest BCUT2D eigenvalue weighted by atomic mass is 32.2. The monoisotopic (exact) mass is 379 g/mol. The molecule has 0 spiro atoms. The molecule has 1 amide bonds. The van der Waals surface area contributed by atoms with Crippen molar-refractivity contribution in [1.29, 1.82) is 0 Å². The fraction of sp³-hybridized carbons (Fsp3) is 0.529. The third kappa shape index (κ3) is 3.73. The maximum Gasteiger partial charge on any atom is 0.414 e. The van der Waals surface area contributed by atoms with E-state index in [0.29, 0.717) is 31.0 Å². The number of cyclic esters (lactones) is 1. The number of rotatable bonds is 4. The lowest BCUT2D eigenvalue weighted by Gasteiger charge is -2.24. The summed E-state index contributed by atoms with van der Waals surface area (Å²) in [6, 6.07) is 5.00. The maximum absolute atomic E-state index is 14.7. The van der Waals surface area contributed by atoms with E-state index in [1.807, 2.05) is 11.8 Å². The van der Waals surface area contributed by atoms with E-state index in [1.165, 1.54) is 11.0 Å². The smallest absolute Gasteiger partial charge is 0.414 e. The Bertz CT molecular complexity index is 696. The minimum absolute atomic E-state index is 0.295. The van der Waals surface area contributed by atoms with Crippen LogP contribution in [0, 0.1) is 5.82 Å². The highest BCUT2D eigenvalue weighted by Crippen LogP contribution is 2.29. The first kappa shape index (κ1) is 17.4. The molecular formula is C17H22FN5O2S. The molecule has 0 saturated carbocycles. The van der Waals surface area contributed by atoms with Gasteiger partial charge in [0.25, 0.3) is 0 Å². The van der Waals surface area contributed by atoms with Crippen molar-refractivity contribution < 1.29 is 13.9 Å². The van der Waals surface area contributed by atoms with Gasteiger partial charge < -0.3 is 9.64 Å². The Morgan fingerprint density at radius 3 is 3.08 bits per heavy atom. The number of anilines is 2. The van der Waals surface area contributed by atoms with Crippen molar-refractivity contribution in [2.24, 2.45) is 5.10 Å². The summed E-state index contributed by atoms with van der Waals surface area (Å²) in [5.74, 6) is 1.83. The van der Waals surface area contributed by atoms with Crippen molar-refractivity contribution in [3.05, 3.63) is 24.0 Å². The molecule has 1 aromatic rings. The quantitative estimate of drug-likeness (QED) is 0.862. The van der Waals surface area contributed by atoms with Crippen LogP contribution in [-0.4, -0.2) is 67.8 Å². The highest BCUT2D eigenvalue weighted by molar-refractivity contribution is 7.99. The number of ether oxygens (including phenoxy) is 1. The average molecular weight is 379 g/mol. The van der Waals surface area contributed by atoms with Gasteiger partial charge in [-0.15, -0.1) is 0 Å². The minimum Gasteiger partial charge on any atom is -0.442 e. The minimum atomic E-state index is -0.448. The van der Waals surface area contributed by atoms with Crippen LogP contribution in [0.1, 0.15) is 6.42 Å². The molecule has 26 heavy (non-hydrogen) atoms. The van der Waals surface area contributed by atoms with Crippen molar-refractivity contribution >= 4 is 35.4 Å². The molecule has 2 saturated heterocycles. The number of hydrazone groups is 1. The summed E-state index contributed by atoms with van der Waals surface area (Å²) in [7, 11) is 0. The molecule has 0 aliphatic carbocycles. The Morgan fingerprint density at radius 1 is 1.35 bits per heavy atom. The molecule has 1 aromatic carbocycles. The van der Waals surface area contributed by atoms with Crippen molar-refractivity contribution in [3.8, 4) is 0 Å². The second-order valence-electron chi connectivity index (χ2n) is 6.45. The summed E-state index contributed by atoms with van der Waals surface area (Å²) in [5, 5.41) is 5.78. The number of carbonyl (C=O) groups is 1. The number of amides is 1. The van der Waals surface area contributed by atoms with Gasteiger partial charge in [-0.2, -0.15) is 16.9 Å². The maximum atomic E-state index is 14.7. The van der Waals surface area contributed by atoms with Crippen LogP contribution in [0.2, 0.25) is 0 Å². The molecule has 3 aliphatic heterocycles. The van der Waals surface area contributed by atoms with Crippen LogP contribution in [0.25, 0.3) is 0 Å². The van der Waals surface area contributed by atoms with E-state index < -0.39 is 6.09 Å². The van der Waals surface area contributed by atoms with Gasteiger partial charge in [-0.3, -0.25) is 4.90 Å². The number of nitrogens with zero attached hydrogens (tertiary/aromatic N) is 4. The van der Waals surface area contributed by atoms with Gasteiger partial charge in [0, 0.05) is 25.1 Å². The van der Waals surface area contributed by atoms with Crippen molar-refractivity contribution in [1.82, 2.24) is 10.5 Å². The van der Waals surface area contributed by atoms with Gasteiger partial charge in [0.15, 0.2) is 0 Å². The number of hydrazine groups is 1. The van der Waals surface area contributed by atoms with Gasteiger partial charge >= 0.3 is 6.09 Å². The second-order valence-corrected chi connectivity index (χ2v) is 7.67. The molecule has 0 bridgehead atoms. The normalized spacial score (nSPS) is 23.5. The van der Waals surface area contributed by atoms with E-state index in [4.69, 9.17) is 4.74 Å². The highest BCUT2D eigenvalue weighted by Gasteiger charge is 2.34. The van der Waals surface area contributed by atoms with Gasteiger partial charge in [0.1, 0.15) is 11.9 Å². The van der Waals surface area contributed by atoms with Crippen molar-refractivity contribution in [3.63, 3.8) is 0 Å². The molecule has 3 aliphatic rings. The molecule has 140 valence electrons. The molecule has 0 radical (unpaired) electrons. The molecule has 0 aromatic heterocycles. The van der Waals surface area contributed by atoms with Gasteiger partial charge in [-0.05, 0) is 30.4 Å². The molecule has 9 heteroatoms. The van der Waals surface area contributed by atoms with E-state index in [-0.39, 0.29) is 11.9 Å². The van der Waals surface area contributed by atoms with E-state index in [0.717, 1.165) is 31.0 Å². The number of benzene rings is 1. The van der Waals surface area contributed by atoms with Crippen LogP contribution in [-0.2, 0) is 4.74 Å². The number of halogens is 1. The predicted molar refractivity (Wildman–Crippen MR) is 101 cm³/mol. The van der Waals surface area contributed by atoms with Gasteiger partial charge in [0.2, 0.25) is 0 Å². The second kappa shape index (κ2) is 7.71. The number of hydrogen-bond donors (Lipinski definition) is 1. The van der Waals surface area contributed by atoms with Gasteiger partial charge in [-0.25, -0.2) is 19.7 Å². The van der Waals surface area contributed by atoms with Crippen molar-refractivity contribution in [2.45, 2.75) is 12.5 Å². The van der Waals surface area contributed by atoms with Crippen LogP contribution in [0.5, 0.6) is 0 Å². The first-order chi connectivity index (χ1) is 12.7. The summed E-state index contributed by atoms with van der Waals surface area (Å²) in [4.78, 5) is 15.8. The molecule has 1 atom stereocenters. The van der Waals surface area contributed by atoms with E-state index in [9.17, 15) is 9.18 Å². The first-order valence-corrected chi connectivity index (χ1v) is 10.00. The summed E-state index contributed by atoms with van der Waals surface area (Å²) in [5.41, 5.74) is 4.18. The Kier molecular flexibility index (Phi) is 5.16. The number of carbonyl (C=O) groups excluding carboxylic acids is 1. The Labute approximate surface area is 156 Å². The fourth-order valence-electron chi connectivity index (χ4n) is 3.37. The van der Waals surface area contributed by atoms with Gasteiger partial charge in [0.05, 0.1) is 31.0 Å². The van der Waals surface area contributed by atoms with E-state index >= 15 is 0 Å². The molecule has 4 rings (SSSR count). The fourth-order valence-corrected chi connectivity index (χ4v) is 4.25. The third-order valence-electron chi connectivity index (χ3n) is 4.64. The molecular weight excluding hydrogens is 357 g/mol. The summed E-state index contributed by atoms with van der Waals surface area (Å²) in [6.07, 6.45) is 2.05. The molecule has 7 nitrogen and oxygen atoms in total. The summed E-state index contributed by atoms with van der Waals surface area (Å²) >= 11 is 1.90. The lowest BCUT2D eigenvalue weighted by atomic mass is 10.2. The van der Waals surface area contributed by atoms with E-state index in [2.05, 4.69) is 15.4 Å². The SMILES string of the molecule is O=C1OC(CN2N=CCN2)CN1c1ccc(N2CCCSCC2)c(F)c1. The van der Waals surface area contributed by atoms with Crippen LogP contribution in [0.3, 0.4) is 0 Å². The third-order valence-corrected chi connectivity index (χ3v) is 5.69. The first-order valence-electron chi connectivity index (χ1n) is 8.84. The Hall–Kier alpha value is -2.00. The average Bonchev–Trinajstić information content (AvgIpc) is 3.17. The van der Waals surface area contributed by atoms with Crippen LogP contribution in [0.4, 0.5) is 20.6 Å². The zero-order valence-corrected chi connectivity index (χ0v) is 15.3. The molecule has 1 N–H and O–H groups in total. The molecule has 1 unspecified atom stereocenters. The van der Waals surface area contributed by atoms with Crippen molar-refractivity contribution in [2.75, 3.05) is 54.0 Å². The number of hydrogen-bond acceptors (Lipinski definition) is 7. The Morgan fingerprint density at radius 2 is 2.27 bits per heavy atom. The zero-order chi connectivity index (χ0) is 17.9. The number of thioether (sulfide) groups is 1. The molecule has 3 heterocycles. The Balaban J connectivity index is 1.44. The number of nitrogens with one attached hydrogen (secondary N) is 1. The lowest BCUT2D eigenvalue weighted by Crippen LogP contribution is -2.37. The molecule has 2 fully saturated rings. The summed E-state index contributed by atoms with van der Waals surface area (Å²) in [6.45, 7) is 3.22. The van der Waals surface area contributed by atoms with E-state index in [1.54, 1.807) is 23.5 Å². The summed E-state index contributed by atoms with van der Waals surface area (Å²) < 4.78 is 20.1. The largest absolute Gasteiger partial charge is 0.442 e. The zero-order valence-electron chi connectivity index (χ0n) is 14.4. The standard InChI is InChI=1S/C17H22FN5O2S/c18-15-10-13(2-3-16(15)21-6-1-8-26-9-7-21)22-11-14(25-17(22)24)12-23-19-4-5-20-23/h2-4,10,14,20H,1,5-9,11-12H2. The van der Waals surface area contributed by atoms with Crippen LogP contribution < -0.4 is 15.2 Å². The topological polar surface area (TPSA) is 60.4 Å².